The van der Waals surface area contributed by atoms with Crippen molar-refractivity contribution in [2.24, 2.45) is 0 Å². The second kappa shape index (κ2) is 10.5. The van der Waals surface area contributed by atoms with Gasteiger partial charge in [0.05, 0.1) is 29.8 Å². The number of benzene rings is 1. The van der Waals surface area contributed by atoms with Gasteiger partial charge in [-0.05, 0) is 31.0 Å². The number of ketones is 1. The van der Waals surface area contributed by atoms with Gasteiger partial charge < -0.3 is 20.2 Å². The molecular formula is C25H26N6O7S. The first-order valence-corrected chi connectivity index (χ1v) is 13.9. The molecule has 2 aliphatic rings. The van der Waals surface area contributed by atoms with E-state index in [1.807, 2.05) is 6.92 Å². The van der Waals surface area contributed by atoms with Crippen LogP contribution in [0.25, 0.3) is 11.0 Å². The first kappa shape index (κ1) is 26.4. The maximum absolute atomic E-state index is 13.5. The number of carbonyl (C=O) groups excluding carboxylic acids is 3. The molecule has 0 saturated carbocycles. The number of likely N-dealkylation sites (tertiary alicyclic amines) is 1. The third-order valence-corrected chi connectivity index (χ3v) is 8.68. The molecule has 3 unspecified atom stereocenters. The van der Waals surface area contributed by atoms with Gasteiger partial charge in [-0.15, -0.1) is 0 Å². The summed E-state index contributed by atoms with van der Waals surface area (Å²) in [7, 11) is -4.28. The SMILES string of the molecule is CCCC(NC(=O)Oc1cnc2ccccc2n1)C(=O)N1CCC2C1C(=O)CN2S(=O)(=O)c1cccc[n+]1[O-]. The van der Waals surface area contributed by atoms with E-state index in [2.05, 4.69) is 15.3 Å². The van der Waals surface area contributed by atoms with Crippen LogP contribution >= 0.6 is 0 Å². The van der Waals surface area contributed by atoms with Gasteiger partial charge in [-0.1, -0.05) is 25.5 Å². The second-order valence-corrected chi connectivity index (χ2v) is 11.1. The molecule has 39 heavy (non-hydrogen) atoms. The van der Waals surface area contributed by atoms with Gasteiger partial charge in [0.1, 0.15) is 12.1 Å². The fourth-order valence-corrected chi connectivity index (χ4v) is 6.73. The lowest BCUT2D eigenvalue weighted by Gasteiger charge is -2.27. The minimum atomic E-state index is -4.28. The van der Waals surface area contributed by atoms with Gasteiger partial charge in [0, 0.05) is 18.7 Å². The number of carbonyl (C=O) groups is 3. The van der Waals surface area contributed by atoms with Gasteiger partial charge in [0.25, 0.3) is 0 Å². The third-order valence-electron chi connectivity index (χ3n) is 6.81. The molecule has 0 bridgehead atoms. The Bertz CT molecular complexity index is 1550. The van der Waals surface area contributed by atoms with Gasteiger partial charge in [-0.3, -0.25) is 9.59 Å². The Labute approximate surface area is 224 Å². The highest BCUT2D eigenvalue weighted by molar-refractivity contribution is 7.89. The summed E-state index contributed by atoms with van der Waals surface area (Å²) in [5, 5.41) is 14.2. The molecule has 3 aromatic rings. The van der Waals surface area contributed by atoms with Gasteiger partial charge >= 0.3 is 21.1 Å². The number of sulfonamides is 1. The maximum Gasteiger partial charge on any atom is 0.414 e. The lowest BCUT2D eigenvalue weighted by Crippen LogP contribution is -2.53. The molecule has 2 aromatic heterocycles. The Balaban J connectivity index is 1.30. The number of nitrogens with zero attached hydrogens (tertiary/aromatic N) is 5. The molecule has 2 fully saturated rings. The second-order valence-electron chi connectivity index (χ2n) is 9.29. The smallest absolute Gasteiger partial charge is 0.414 e. The van der Waals surface area contributed by atoms with E-state index in [-0.39, 0.29) is 30.0 Å². The van der Waals surface area contributed by atoms with E-state index in [0.717, 1.165) is 10.5 Å². The van der Waals surface area contributed by atoms with Crippen LogP contribution in [0.4, 0.5) is 4.79 Å². The summed E-state index contributed by atoms with van der Waals surface area (Å²) in [6, 6.07) is 8.22. The Kier molecular flexibility index (Phi) is 7.14. The first-order chi connectivity index (χ1) is 18.7. The normalized spacial score (nSPS) is 20.1. The maximum atomic E-state index is 13.5. The zero-order valence-corrected chi connectivity index (χ0v) is 21.8. The number of amides is 2. The van der Waals surface area contributed by atoms with Crippen molar-refractivity contribution in [2.45, 2.75) is 49.3 Å². The zero-order valence-electron chi connectivity index (χ0n) is 21.0. The molecule has 0 aliphatic carbocycles. The molecule has 14 heteroatoms. The predicted molar refractivity (Wildman–Crippen MR) is 136 cm³/mol. The van der Waals surface area contributed by atoms with Gasteiger partial charge in [0.15, 0.2) is 12.0 Å². The topological polar surface area (TPSA) is 166 Å². The molecule has 5 rings (SSSR count). The van der Waals surface area contributed by atoms with Gasteiger partial charge in [0.2, 0.25) is 11.8 Å². The molecule has 4 heterocycles. The number of Topliss-reactive ketones (excluding diaryl/α,β-unsaturated/α-hetero) is 1. The third kappa shape index (κ3) is 5.00. The van der Waals surface area contributed by atoms with E-state index in [4.69, 9.17) is 4.74 Å². The Morgan fingerprint density at radius 1 is 1.21 bits per heavy atom. The lowest BCUT2D eigenvalue weighted by atomic mass is 10.1. The fraction of sp³-hybridized carbons (Fsp3) is 0.360. The van der Waals surface area contributed by atoms with Crippen LogP contribution in [0, 0.1) is 5.21 Å². The summed E-state index contributed by atoms with van der Waals surface area (Å²) in [5.74, 6) is -1.01. The summed E-state index contributed by atoms with van der Waals surface area (Å²) >= 11 is 0. The zero-order chi connectivity index (χ0) is 27.7. The van der Waals surface area contributed by atoms with Crippen molar-refractivity contribution in [1.29, 1.82) is 0 Å². The van der Waals surface area contributed by atoms with Crippen LogP contribution in [-0.2, 0) is 19.6 Å². The standard InChI is InChI=1S/C25H26N6O7S/c1-2-7-18(28-25(34)38-21-14-26-16-8-3-4-9-17(16)27-21)24(33)29-13-11-19-23(29)20(32)15-31(19)39(36,37)22-10-5-6-12-30(22)35/h3-6,8-10,12,14,18-19,23H,2,7,11,13,15H2,1H3,(H,28,34). The lowest BCUT2D eigenvalue weighted by molar-refractivity contribution is -0.646. The van der Waals surface area contributed by atoms with Crippen LogP contribution in [0.5, 0.6) is 5.88 Å². The molecule has 3 atom stereocenters. The number of pyridine rings is 1. The van der Waals surface area contributed by atoms with E-state index < -0.39 is 57.5 Å². The fourth-order valence-electron chi connectivity index (χ4n) is 5.08. The van der Waals surface area contributed by atoms with Crippen LogP contribution in [0.1, 0.15) is 26.2 Å². The van der Waals surface area contributed by atoms with Crippen LogP contribution < -0.4 is 14.8 Å². The summed E-state index contributed by atoms with van der Waals surface area (Å²) in [5.41, 5.74) is 1.16. The largest absolute Gasteiger partial charge is 0.618 e. The minimum Gasteiger partial charge on any atom is -0.618 e. The van der Waals surface area contributed by atoms with Crippen molar-refractivity contribution in [2.75, 3.05) is 13.1 Å². The van der Waals surface area contributed by atoms with Crippen molar-refractivity contribution in [3.05, 3.63) is 60.1 Å². The van der Waals surface area contributed by atoms with Crippen LogP contribution in [0.15, 0.2) is 59.9 Å². The predicted octanol–water partition coefficient (Wildman–Crippen LogP) is 0.763. The van der Waals surface area contributed by atoms with Crippen molar-refractivity contribution in [3.63, 3.8) is 0 Å². The number of para-hydroxylation sites is 2. The molecule has 2 aliphatic heterocycles. The number of ether oxygens (including phenoxy) is 1. The Morgan fingerprint density at radius 2 is 1.95 bits per heavy atom. The Hall–Kier alpha value is -4.17. The monoisotopic (exact) mass is 554 g/mol. The molecule has 1 aromatic carbocycles. The van der Waals surface area contributed by atoms with Crippen LogP contribution in [0.2, 0.25) is 0 Å². The number of nitrogens with one attached hydrogen (secondary N) is 1. The van der Waals surface area contributed by atoms with E-state index in [1.165, 1.54) is 29.3 Å². The van der Waals surface area contributed by atoms with Gasteiger partial charge in [-0.25, -0.2) is 23.2 Å². The number of aromatic nitrogens is 3. The summed E-state index contributed by atoms with van der Waals surface area (Å²) < 4.78 is 32.9. The summed E-state index contributed by atoms with van der Waals surface area (Å²) in [4.78, 5) is 48.9. The van der Waals surface area contributed by atoms with Crippen LogP contribution in [0.3, 0.4) is 0 Å². The molecule has 2 saturated heterocycles. The van der Waals surface area contributed by atoms with Crippen LogP contribution in [-0.4, -0.2) is 76.6 Å². The highest BCUT2D eigenvalue weighted by Crippen LogP contribution is 2.34. The van der Waals surface area contributed by atoms with Crippen molar-refractivity contribution in [3.8, 4) is 5.88 Å². The highest BCUT2D eigenvalue weighted by Gasteiger charge is 2.55. The average molecular weight is 555 g/mol. The molecule has 2 amide bonds. The molecule has 13 nitrogen and oxygen atoms in total. The number of hydrogen-bond acceptors (Lipinski definition) is 9. The molecule has 1 N–H and O–H groups in total. The molecule has 0 spiro atoms. The van der Waals surface area contributed by atoms with Crippen molar-refractivity contribution < 1.29 is 32.3 Å². The Morgan fingerprint density at radius 3 is 2.69 bits per heavy atom. The molecular weight excluding hydrogens is 528 g/mol. The van der Waals surface area contributed by atoms with E-state index in [0.29, 0.717) is 17.5 Å². The number of fused-ring (bicyclic) bond motifs is 2. The average Bonchev–Trinajstić information content (AvgIpc) is 3.49. The van der Waals surface area contributed by atoms with E-state index >= 15 is 0 Å². The first-order valence-electron chi connectivity index (χ1n) is 12.4. The summed E-state index contributed by atoms with van der Waals surface area (Å²) in [6.07, 6.45) is 2.48. The van der Waals surface area contributed by atoms with Crippen molar-refractivity contribution >= 4 is 38.8 Å². The minimum absolute atomic E-state index is 0.0431. The van der Waals surface area contributed by atoms with E-state index in [1.54, 1.807) is 24.3 Å². The quantitative estimate of drug-likeness (QED) is 0.328. The number of hydrogen-bond donors (Lipinski definition) is 1. The van der Waals surface area contributed by atoms with Gasteiger partial charge in [-0.2, -0.15) is 9.04 Å². The van der Waals surface area contributed by atoms with Crippen molar-refractivity contribution in [1.82, 2.24) is 24.5 Å². The number of rotatable bonds is 7. The summed E-state index contributed by atoms with van der Waals surface area (Å²) in [6.45, 7) is 1.50. The highest BCUT2D eigenvalue weighted by atomic mass is 32.2. The molecule has 204 valence electrons. The van der Waals surface area contributed by atoms with E-state index in [9.17, 15) is 28.0 Å². The molecule has 0 radical (unpaired) electrons.